The van der Waals surface area contributed by atoms with Crippen molar-refractivity contribution in [3.63, 3.8) is 0 Å². The Hall–Kier alpha value is -2.48. The SMILES string of the molecule is CNC(=O)CCC(C=O)N(C)Cc1c(C=O)cccc1SCc1ccc(CNC2CC2)cc1. The van der Waals surface area contributed by atoms with Crippen LogP contribution in [0.2, 0.25) is 0 Å². The van der Waals surface area contributed by atoms with Gasteiger partial charge in [-0.3, -0.25) is 14.5 Å². The summed E-state index contributed by atoms with van der Waals surface area (Å²) in [6, 6.07) is 14.7. The number of likely N-dealkylation sites (N-methyl/N-ethyl adjacent to an activating group) is 1. The monoisotopic (exact) mass is 467 g/mol. The van der Waals surface area contributed by atoms with E-state index in [0.717, 1.165) is 35.3 Å². The molecular weight excluding hydrogens is 434 g/mol. The number of benzene rings is 2. The summed E-state index contributed by atoms with van der Waals surface area (Å²) in [5.41, 5.74) is 4.06. The third-order valence-corrected chi connectivity index (χ3v) is 7.13. The van der Waals surface area contributed by atoms with Gasteiger partial charge in [-0.25, -0.2) is 0 Å². The standard InChI is InChI=1S/C26H33N3O3S/c1-27-26(32)13-12-23(17-31)29(2)15-24-21(16-30)4-3-5-25(24)33-18-20-8-6-19(7-9-20)14-28-22-10-11-22/h3-9,16-17,22-23,28H,10-15,18H2,1-2H3,(H,27,32). The van der Waals surface area contributed by atoms with Crippen molar-refractivity contribution in [2.45, 2.75) is 61.5 Å². The Bertz CT molecular complexity index is 944. The van der Waals surface area contributed by atoms with Crippen LogP contribution in [-0.2, 0) is 28.4 Å². The molecule has 1 saturated carbocycles. The third kappa shape index (κ3) is 7.81. The van der Waals surface area contributed by atoms with Gasteiger partial charge in [-0.1, -0.05) is 36.4 Å². The van der Waals surface area contributed by atoms with Crippen LogP contribution in [0.3, 0.4) is 0 Å². The first kappa shape index (κ1) is 25.1. The predicted octanol–water partition coefficient (Wildman–Crippen LogP) is 3.57. The lowest BCUT2D eigenvalue weighted by Crippen LogP contribution is -2.34. The molecule has 0 heterocycles. The number of nitrogens with zero attached hydrogens (tertiary/aromatic N) is 1. The average molecular weight is 468 g/mol. The Balaban J connectivity index is 1.64. The smallest absolute Gasteiger partial charge is 0.219 e. The number of carbonyl (C=O) groups excluding carboxylic acids is 3. The van der Waals surface area contributed by atoms with E-state index in [1.54, 1.807) is 18.8 Å². The minimum absolute atomic E-state index is 0.0888. The molecule has 1 atom stereocenters. The second-order valence-electron chi connectivity index (χ2n) is 8.53. The fourth-order valence-electron chi connectivity index (χ4n) is 3.62. The lowest BCUT2D eigenvalue weighted by Gasteiger charge is -2.25. The average Bonchev–Trinajstić information content (AvgIpc) is 3.67. The topological polar surface area (TPSA) is 78.5 Å². The highest BCUT2D eigenvalue weighted by molar-refractivity contribution is 7.98. The summed E-state index contributed by atoms with van der Waals surface area (Å²) in [6.45, 7) is 1.37. The van der Waals surface area contributed by atoms with Gasteiger partial charge in [-0.2, -0.15) is 0 Å². The number of nitrogens with one attached hydrogen (secondary N) is 2. The highest BCUT2D eigenvalue weighted by atomic mass is 32.2. The minimum atomic E-state index is -0.392. The molecule has 1 aliphatic carbocycles. The maximum atomic E-state index is 11.7. The Kier molecular flexibility index (Phi) is 9.66. The number of hydrogen-bond acceptors (Lipinski definition) is 6. The second-order valence-corrected chi connectivity index (χ2v) is 9.55. The van der Waals surface area contributed by atoms with Crippen LogP contribution in [0.25, 0.3) is 0 Å². The van der Waals surface area contributed by atoms with Crippen molar-refractivity contribution in [3.05, 3.63) is 64.7 Å². The highest BCUT2D eigenvalue weighted by Gasteiger charge is 2.20. The van der Waals surface area contributed by atoms with E-state index in [-0.39, 0.29) is 12.3 Å². The molecule has 0 aliphatic heterocycles. The van der Waals surface area contributed by atoms with Gasteiger partial charge < -0.3 is 15.4 Å². The van der Waals surface area contributed by atoms with E-state index in [2.05, 4.69) is 34.9 Å². The molecule has 0 aromatic heterocycles. The summed E-state index contributed by atoms with van der Waals surface area (Å²) < 4.78 is 0. The minimum Gasteiger partial charge on any atom is -0.359 e. The summed E-state index contributed by atoms with van der Waals surface area (Å²) in [7, 11) is 3.44. The van der Waals surface area contributed by atoms with Gasteiger partial charge in [-0.15, -0.1) is 11.8 Å². The zero-order chi connectivity index (χ0) is 23.6. The van der Waals surface area contributed by atoms with E-state index in [1.807, 2.05) is 30.1 Å². The fourth-order valence-corrected chi connectivity index (χ4v) is 4.67. The fraction of sp³-hybridized carbons (Fsp3) is 0.423. The van der Waals surface area contributed by atoms with Crippen molar-refractivity contribution in [2.24, 2.45) is 0 Å². The molecule has 0 saturated heterocycles. The molecule has 1 unspecified atom stereocenters. The zero-order valence-corrected chi connectivity index (χ0v) is 20.2. The van der Waals surface area contributed by atoms with Crippen molar-refractivity contribution in [1.82, 2.24) is 15.5 Å². The van der Waals surface area contributed by atoms with Gasteiger partial charge in [0.25, 0.3) is 0 Å². The molecule has 0 radical (unpaired) electrons. The summed E-state index contributed by atoms with van der Waals surface area (Å²) >= 11 is 1.69. The van der Waals surface area contributed by atoms with E-state index < -0.39 is 6.04 Å². The Morgan fingerprint density at radius 3 is 2.52 bits per heavy atom. The summed E-state index contributed by atoms with van der Waals surface area (Å²) in [6.07, 6.45) is 5.04. The Morgan fingerprint density at radius 2 is 1.88 bits per heavy atom. The van der Waals surface area contributed by atoms with E-state index >= 15 is 0 Å². The van der Waals surface area contributed by atoms with Crippen LogP contribution in [0.1, 0.15) is 52.7 Å². The van der Waals surface area contributed by atoms with Crippen LogP contribution in [-0.4, -0.2) is 49.6 Å². The zero-order valence-electron chi connectivity index (χ0n) is 19.4. The summed E-state index contributed by atoms with van der Waals surface area (Å²) in [5.74, 6) is 0.706. The van der Waals surface area contributed by atoms with Gasteiger partial charge in [-0.05, 0) is 49.1 Å². The molecule has 7 heteroatoms. The van der Waals surface area contributed by atoms with Crippen molar-refractivity contribution in [1.29, 1.82) is 0 Å². The molecule has 1 fully saturated rings. The maximum absolute atomic E-state index is 11.7. The quantitative estimate of drug-likeness (QED) is 0.327. The molecule has 2 aromatic rings. The molecule has 1 amide bonds. The van der Waals surface area contributed by atoms with E-state index in [4.69, 9.17) is 0 Å². The summed E-state index contributed by atoms with van der Waals surface area (Å²) in [4.78, 5) is 37.9. The predicted molar refractivity (Wildman–Crippen MR) is 132 cm³/mol. The lowest BCUT2D eigenvalue weighted by molar-refractivity contribution is -0.121. The Morgan fingerprint density at radius 1 is 1.15 bits per heavy atom. The molecule has 0 bridgehead atoms. The van der Waals surface area contributed by atoms with E-state index in [0.29, 0.717) is 24.6 Å². The largest absolute Gasteiger partial charge is 0.359 e. The third-order valence-electron chi connectivity index (χ3n) is 5.96. The van der Waals surface area contributed by atoms with Crippen LogP contribution >= 0.6 is 11.8 Å². The number of carbonyl (C=O) groups is 3. The number of thioether (sulfide) groups is 1. The first-order valence-corrected chi connectivity index (χ1v) is 12.4. The normalized spacial score (nSPS) is 14.2. The number of aldehydes is 2. The van der Waals surface area contributed by atoms with Gasteiger partial charge in [0, 0.05) is 48.8 Å². The van der Waals surface area contributed by atoms with Gasteiger partial charge in [0.1, 0.15) is 12.6 Å². The highest BCUT2D eigenvalue weighted by Crippen LogP contribution is 2.30. The molecule has 6 nitrogen and oxygen atoms in total. The molecule has 33 heavy (non-hydrogen) atoms. The van der Waals surface area contributed by atoms with Crippen LogP contribution in [0.4, 0.5) is 0 Å². The van der Waals surface area contributed by atoms with Crippen LogP contribution in [0.15, 0.2) is 47.4 Å². The van der Waals surface area contributed by atoms with Crippen molar-refractivity contribution in [3.8, 4) is 0 Å². The first-order chi connectivity index (χ1) is 16.0. The second kappa shape index (κ2) is 12.7. The molecular formula is C26H33N3O3S. The molecule has 2 aromatic carbocycles. The number of amides is 1. The van der Waals surface area contributed by atoms with Crippen molar-refractivity contribution < 1.29 is 14.4 Å². The van der Waals surface area contributed by atoms with Gasteiger partial charge in [0.15, 0.2) is 0 Å². The first-order valence-electron chi connectivity index (χ1n) is 11.4. The van der Waals surface area contributed by atoms with Crippen molar-refractivity contribution >= 4 is 30.2 Å². The molecule has 2 N–H and O–H groups in total. The lowest BCUT2D eigenvalue weighted by atomic mass is 10.1. The van der Waals surface area contributed by atoms with Gasteiger partial charge in [0.2, 0.25) is 5.91 Å². The van der Waals surface area contributed by atoms with Crippen LogP contribution in [0, 0.1) is 0 Å². The van der Waals surface area contributed by atoms with E-state index in [1.165, 1.54) is 24.0 Å². The summed E-state index contributed by atoms with van der Waals surface area (Å²) in [5, 5.41) is 6.12. The molecule has 176 valence electrons. The molecule has 3 rings (SSSR count). The van der Waals surface area contributed by atoms with Gasteiger partial charge in [0.05, 0.1) is 6.04 Å². The number of rotatable bonds is 14. The molecule has 0 spiro atoms. The number of hydrogen-bond donors (Lipinski definition) is 2. The van der Waals surface area contributed by atoms with Crippen molar-refractivity contribution in [2.75, 3.05) is 14.1 Å². The van der Waals surface area contributed by atoms with Gasteiger partial charge >= 0.3 is 0 Å². The van der Waals surface area contributed by atoms with E-state index in [9.17, 15) is 14.4 Å². The van der Waals surface area contributed by atoms with Crippen LogP contribution in [0.5, 0.6) is 0 Å². The maximum Gasteiger partial charge on any atom is 0.219 e. The molecule has 1 aliphatic rings. The Labute approximate surface area is 200 Å². The van der Waals surface area contributed by atoms with Crippen LogP contribution < -0.4 is 10.6 Å².